The molecule has 0 fully saturated rings. The highest BCUT2D eigenvalue weighted by Crippen LogP contribution is 2.05. The summed E-state index contributed by atoms with van der Waals surface area (Å²) < 4.78 is 13.5. The van der Waals surface area contributed by atoms with Crippen molar-refractivity contribution in [3.05, 3.63) is 16.7 Å². The maximum Gasteiger partial charge on any atom is 0.280 e. The van der Waals surface area contributed by atoms with Crippen LogP contribution in [-0.2, 0) is 7.05 Å². The van der Waals surface area contributed by atoms with Crippen molar-refractivity contribution >= 4 is 17.1 Å². The minimum absolute atomic E-state index is 0.105. The average Bonchev–Trinajstić information content (AvgIpc) is 2.49. The summed E-state index contributed by atoms with van der Waals surface area (Å²) in [6.07, 6.45) is 1.48. The van der Waals surface area contributed by atoms with Gasteiger partial charge in [-0.1, -0.05) is 0 Å². The van der Waals surface area contributed by atoms with Gasteiger partial charge < -0.3 is 9.88 Å². The second kappa shape index (κ2) is 3.09. The Labute approximate surface area is 77.8 Å². The number of aromatic amines is 1. The number of hydrogen-bond acceptors (Lipinski definition) is 4. The molecule has 0 aliphatic rings. The van der Waals surface area contributed by atoms with Gasteiger partial charge in [-0.05, 0) is 0 Å². The molecule has 2 N–H and O–H groups in total. The van der Waals surface area contributed by atoms with Gasteiger partial charge in [-0.2, -0.15) is 4.98 Å². The summed E-state index contributed by atoms with van der Waals surface area (Å²) in [6.45, 7) is -0.785. The van der Waals surface area contributed by atoms with Crippen molar-refractivity contribution < 1.29 is 4.39 Å². The molecule has 0 radical (unpaired) electrons. The van der Waals surface area contributed by atoms with Crippen LogP contribution in [-0.4, -0.2) is 26.3 Å². The van der Waals surface area contributed by atoms with Crippen molar-refractivity contribution in [2.24, 2.45) is 7.05 Å². The fourth-order valence-electron chi connectivity index (χ4n) is 1.16. The van der Waals surface area contributed by atoms with Crippen molar-refractivity contribution in [1.82, 2.24) is 19.5 Å². The zero-order valence-electron chi connectivity index (χ0n) is 7.41. The van der Waals surface area contributed by atoms with Crippen LogP contribution in [0.5, 0.6) is 0 Å². The highest BCUT2D eigenvalue weighted by molar-refractivity contribution is 5.70. The smallest absolute Gasteiger partial charge is 0.280 e. The standard InChI is InChI=1S/C7H8FN5O/c1-13-3-10-4-5(13)11-7(9-2-8)12-6(4)14/h3H,2H2,1H3,(H2,9,11,12,14). The molecule has 0 aliphatic heterocycles. The van der Waals surface area contributed by atoms with E-state index >= 15 is 0 Å². The molecular formula is C7H8FN5O. The first kappa shape index (κ1) is 8.67. The predicted octanol–water partition coefficient (Wildman–Crippen LogP) is -0.00450. The van der Waals surface area contributed by atoms with E-state index in [0.29, 0.717) is 5.65 Å². The van der Waals surface area contributed by atoms with Gasteiger partial charge in [0.15, 0.2) is 18.0 Å². The minimum atomic E-state index is -0.785. The number of aryl methyl sites for hydroxylation is 1. The molecule has 0 bridgehead atoms. The quantitative estimate of drug-likeness (QED) is 0.664. The second-order valence-corrected chi connectivity index (χ2v) is 2.75. The Morgan fingerprint density at radius 3 is 3.21 bits per heavy atom. The fourth-order valence-corrected chi connectivity index (χ4v) is 1.16. The van der Waals surface area contributed by atoms with E-state index in [1.807, 2.05) is 0 Å². The zero-order valence-corrected chi connectivity index (χ0v) is 7.41. The molecule has 2 heterocycles. The molecule has 14 heavy (non-hydrogen) atoms. The summed E-state index contributed by atoms with van der Waals surface area (Å²) in [7, 11) is 1.71. The van der Waals surface area contributed by atoms with Gasteiger partial charge in [-0.25, -0.2) is 9.37 Å². The molecule has 0 spiro atoms. The third-order valence-electron chi connectivity index (χ3n) is 1.80. The van der Waals surface area contributed by atoms with E-state index in [0.717, 1.165) is 0 Å². The first-order chi connectivity index (χ1) is 6.72. The lowest BCUT2D eigenvalue weighted by Crippen LogP contribution is -2.13. The van der Waals surface area contributed by atoms with Crippen LogP contribution in [0.3, 0.4) is 0 Å². The summed E-state index contributed by atoms with van der Waals surface area (Å²) in [5, 5.41) is 2.28. The van der Waals surface area contributed by atoms with Gasteiger partial charge in [-0.3, -0.25) is 9.78 Å². The number of anilines is 1. The number of rotatable bonds is 2. The highest BCUT2D eigenvalue weighted by Gasteiger charge is 2.07. The summed E-state index contributed by atoms with van der Waals surface area (Å²) >= 11 is 0. The van der Waals surface area contributed by atoms with E-state index in [2.05, 4.69) is 20.3 Å². The van der Waals surface area contributed by atoms with Crippen molar-refractivity contribution in [2.45, 2.75) is 0 Å². The summed E-state index contributed by atoms with van der Waals surface area (Å²) in [5.74, 6) is 0.105. The minimum Gasteiger partial charge on any atom is -0.329 e. The zero-order chi connectivity index (χ0) is 10.1. The van der Waals surface area contributed by atoms with E-state index in [9.17, 15) is 9.18 Å². The van der Waals surface area contributed by atoms with Crippen molar-refractivity contribution in [1.29, 1.82) is 0 Å². The van der Waals surface area contributed by atoms with E-state index < -0.39 is 6.80 Å². The molecule has 2 aromatic rings. The summed E-state index contributed by atoms with van der Waals surface area (Å²) in [6, 6.07) is 0. The Bertz CT molecular complexity index is 516. The third kappa shape index (κ3) is 1.22. The van der Waals surface area contributed by atoms with Crippen molar-refractivity contribution in [3.63, 3.8) is 0 Å². The summed E-state index contributed by atoms with van der Waals surface area (Å²) in [4.78, 5) is 21.6. The highest BCUT2D eigenvalue weighted by atomic mass is 19.1. The Morgan fingerprint density at radius 2 is 2.50 bits per heavy atom. The Kier molecular flexibility index (Phi) is 1.91. The first-order valence-electron chi connectivity index (χ1n) is 3.93. The number of nitrogens with zero attached hydrogens (tertiary/aromatic N) is 3. The molecule has 0 saturated carbocycles. The topological polar surface area (TPSA) is 75.6 Å². The number of nitrogens with one attached hydrogen (secondary N) is 2. The van der Waals surface area contributed by atoms with Crippen LogP contribution < -0.4 is 10.9 Å². The van der Waals surface area contributed by atoms with Crippen molar-refractivity contribution in [3.8, 4) is 0 Å². The fraction of sp³-hybridized carbons (Fsp3) is 0.286. The number of aromatic nitrogens is 4. The van der Waals surface area contributed by atoms with Crippen LogP contribution >= 0.6 is 0 Å². The lowest BCUT2D eigenvalue weighted by molar-refractivity contribution is 0.533. The van der Waals surface area contributed by atoms with Crippen LogP contribution in [0.1, 0.15) is 0 Å². The Hall–Kier alpha value is -1.92. The number of H-pyrrole nitrogens is 1. The van der Waals surface area contributed by atoms with Crippen LogP contribution in [0.4, 0.5) is 10.3 Å². The van der Waals surface area contributed by atoms with Gasteiger partial charge in [-0.15, -0.1) is 0 Å². The van der Waals surface area contributed by atoms with E-state index in [-0.39, 0.29) is 17.0 Å². The monoisotopic (exact) mass is 197 g/mol. The molecule has 0 unspecified atom stereocenters. The number of imidazole rings is 1. The van der Waals surface area contributed by atoms with Gasteiger partial charge in [0.25, 0.3) is 5.56 Å². The van der Waals surface area contributed by atoms with E-state index in [1.54, 1.807) is 11.6 Å². The summed E-state index contributed by atoms with van der Waals surface area (Å²) in [5.41, 5.74) is 0.285. The molecule has 0 aliphatic carbocycles. The maximum absolute atomic E-state index is 11.9. The third-order valence-corrected chi connectivity index (χ3v) is 1.80. The Balaban J connectivity index is 2.69. The molecule has 0 amide bonds. The molecule has 0 atom stereocenters. The molecule has 6 nitrogen and oxygen atoms in total. The van der Waals surface area contributed by atoms with E-state index in [4.69, 9.17) is 0 Å². The molecule has 0 saturated heterocycles. The molecular weight excluding hydrogens is 189 g/mol. The lowest BCUT2D eigenvalue weighted by Gasteiger charge is -1.99. The largest absolute Gasteiger partial charge is 0.329 e. The average molecular weight is 197 g/mol. The van der Waals surface area contributed by atoms with Gasteiger partial charge in [0.2, 0.25) is 5.95 Å². The number of alkyl halides is 1. The molecule has 7 heteroatoms. The molecule has 2 aromatic heterocycles. The molecule has 0 aromatic carbocycles. The number of fused-ring (bicyclic) bond motifs is 1. The maximum atomic E-state index is 11.9. The van der Waals surface area contributed by atoms with Crippen LogP contribution in [0.25, 0.3) is 11.2 Å². The normalized spacial score (nSPS) is 10.7. The number of halogens is 1. The second-order valence-electron chi connectivity index (χ2n) is 2.75. The molecule has 2 rings (SSSR count). The van der Waals surface area contributed by atoms with Crippen LogP contribution in [0.2, 0.25) is 0 Å². The van der Waals surface area contributed by atoms with Gasteiger partial charge in [0.05, 0.1) is 6.33 Å². The van der Waals surface area contributed by atoms with Crippen LogP contribution in [0, 0.1) is 0 Å². The predicted molar refractivity (Wildman–Crippen MR) is 48.7 cm³/mol. The van der Waals surface area contributed by atoms with Gasteiger partial charge in [0.1, 0.15) is 0 Å². The van der Waals surface area contributed by atoms with Gasteiger partial charge >= 0.3 is 0 Å². The first-order valence-corrected chi connectivity index (χ1v) is 3.93. The van der Waals surface area contributed by atoms with Gasteiger partial charge in [0, 0.05) is 7.05 Å². The van der Waals surface area contributed by atoms with E-state index in [1.165, 1.54) is 6.33 Å². The van der Waals surface area contributed by atoms with Crippen LogP contribution in [0.15, 0.2) is 11.1 Å². The number of hydrogen-bond donors (Lipinski definition) is 2. The SMILES string of the molecule is Cn1cnc2c(=O)[nH]c(NCF)nc21. The Morgan fingerprint density at radius 1 is 1.71 bits per heavy atom. The lowest BCUT2D eigenvalue weighted by atomic mass is 10.5. The van der Waals surface area contributed by atoms with Crippen molar-refractivity contribution in [2.75, 3.05) is 12.1 Å². The molecule has 74 valence electrons.